The van der Waals surface area contributed by atoms with Gasteiger partial charge in [-0.1, -0.05) is 17.7 Å². The van der Waals surface area contributed by atoms with E-state index in [4.69, 9.17) is 0 Å². The maximum absolute atomic E-state index is 12.4. The first kappa shape index (κ1) is 18.9. The van der Waals surface area contributed by atoms with Gasteiger partial charge in [0.1, 0.15) is 0 Å². The number of aryl methyl sites for hydroxylation is 3. The molecule has 0 aliphatic carbocycles. The monoisotopic (exact) mass is 346 g/mol. The summed E-state index contributed by atoms with van der Waals surface area (Å²) in [7, 11) is 1.70. The maximum atomic E-state index is 12.4. The summed E-state index contributed by atoms with van der Waals surface area (Å²) in [5, 5.41) is 5.53. The van der Waals surface area contributed by atoms with Crippen molar-refractivity contribution in [3.05, 3.63) is 28.8 Å². The lowest BCUT2D eigenvalue weighted by molar-refractivity contribution is -0.132. The number of anilines is 1. The Morgan fingerprint density at radius 2 is 1.88 bits per heavy atom. The van der Waals surface area contributed by atoms with Crippen molar-refractivity contribution >= 4 is 23.5 Å². The lowest BCUT2D eigenvalue weighted by Gasteiger charge is -2.26. The van der Waals surface area contributed by atoms with Crippen LogP contribution in [0.2, 0.25) is 0 Å². The third kappa shape index (κ3) is 4.36. The fraction of sp³-hybridized carbons (Fsp3) is 0.500. The Hall–Kier alpha value is -2.41. The normalized spacial score (nSPS) is 15.3. The standard InChI is InChI=1S/C18H26N4O3/c1-11-8-12(2)16(13(3)9-11)20-15(23)10-21(5)14(4)17(24)22-7-6-19-18(22)25/h8-9,14H,6-7,10H2,1-5H3,(H,19,25)(H,20,23)/t14-/m0/s1. The molecule has 1 heterocycles. The van der Waals surface area contributed by atoms with Crippen LogP contribution in [0.15, 0.2) is 12.1 Å². The predicted molar refractivity (Wildman–Crippen MR) is 96.5 cm³/mol. The van der Waals surface area contributed by atoms with Crippen LogP contribution < -0.4 is 10.6 Å². The van der Waals surface area contributed by atoms with Gasteiger partial charge in [-0.25, -0.2) is 4.79 Å². The number of likely N-dealkylation sites (N-methyl/N-ethyl adjacent to an activating group) is 1. The zero-order valence-electron chi connectivity index (χ0n) is 15.5. The fourth-order valence-corrected chi connectivity index (χ4v) is 3.02. The molecule has 1 saturated heterocycles. The van der Waals surface area contributed by atoms with Gasteiger partial charge in [0.05, 0.1) is 12.6 Å². The number of amides is 4. The van der Waals surface area contributed by atoms with E-state index in [9.17, 15) is 14.4 Å². The molecule has 0 aromatic heterocycles. The average Bonchev–Trinajstić information content (AvgIpc) is 2.95. The molecule has 1 atom stereocenters. The Labute approximate surface area is 148 Å². The number of nitrogens with one attached hydrogen (secondary N) is 2. The van der Waals surface area contributed by atoms with Crippen LogP contribution in [0.5, 0.6) is 0 Å². The lowest BCUT2D eigenvalue weighted by atomic mass is 10.1. The summed E-state index contributed by atoms with van der Waals surface area (Å²) in [6.07, 6.45) is 0. The number of nitrogens with zero attached hydrogens (tertiary/aromatic N) is 2. The molecule has 0 spiro atoms. The average molecular weight is 346 g/mol. The minimum atomic E-state index is -0.560. The largest absolute Gasteiger partial charge is 0.336 e. The number of carbonyl (C=O) groups excluding carboxylic acids is 3. The number of hydrogen-bond acceptors (Lipinski definition) is 4. The number of imide groups is 1. The van der Waals surface area contributed by atoms with Crippen molar-refractivity contribution in [3.63, 3.8) is 0 Å². The second-order valence-electron chi connectivity index (χ2n) is 6.63. The molecule has 1 aliphatic heterocycles. The molecule has 0 bridgehead atoms. The van der Waals surface area contributed by atoms with Crippen LogP contribution in [-0.4, -0.2) is 60.4 Å². The number of rotatable bonds is 5. The zero-order valence-corrected chi connectivity index (χ0v) is 15.5. The van der Waals surface area contributed by atoms with Crippen molar-refractivity contribution < 1.29 is 14.4 Å². The van der Waals surface area contributed by atoms with Crippen LogP contribution in [0, 0.1) is 20.8 Å². The van der Waals surface area contributed by atoms with E-state index in [2.05, 4.69) is 10.6 Å². The molecule has 4 amide bonds. The zero-order chi connectivity index (χ0) is 18.7. The Bertz CT molecular complexity index is 679. The van der Waals surface area contributed by atoms with E-state index < -0.39 is 6.04 Å². The van der Waals surface area contributed by atoms with E-state index in [1.165, 1.54) is 4.90 Å². The van der Waals surface area contributed by atoms with E-state index in [0.717, 1.165) is 22.4 Å². The molecule has 0 saturated carbocycles. The van der Waals surface area contributed by atoms with Crippen LogP contribution in [0.3, 0.4) is 0 Å². The number of hydrogen-bond donors (Lipinski definition) is 2. The van der Waals surface area contributed by atoms with Gasteiger partial charge >= 0.3 is 6.03 Å². The van der Waals surface area contributed by atoms with E-state index in [1.807, 2.05) is 32.9 Å². The van der Waals surface area contributed by atoms with Gasteiger partial charge in [-0.05, 0) is 45.9 Å². The van der Waals surface area contributed by atoms with Crippen molar-refractivity contribution in [2.24, 2.45) is 0 Å². The highest BCUT2D eigenvalue weighted by Gasteiger charge is 2.31. The topological polar surface area (TPSA) is 81.8 Å². The van der Waals surface area contributed by atoms with Crippen LogP contribution in [0.25, 0.3) is 0 Å². The molecule has 0 unspecified atom stereocenters. The van der Waals surface area contributed by atoms with E-state index in [0.29, 0.717) is 13.1 Å². The highest BCUT2D eigenvalue weighted by atomic mass is 16.2. The van der Waals surface area contributed by atoms with E-state index >= 15 is 0 Å². The summed E-state index contributed by atoms with van der Waals surface area (Å²) in [4.78, 5) is 39.2. The molecule has 136 valence electrons. The van der Waals surface area contributed by atoms with Crippen LogP contribution in [-0.2, 0) is 9.59 Å². The van der Waals surface area contributed by atoms with Crippen molar-refractivity contribution in [2.75, 3.05) is 32.0 Å². The first-order valence-electron chi connectivity index (χ1n) is 8.38. The predicted octanol–water partition coefficient (Wildman–Crippen LogP) is 1.42. The highest BCUT2D eigenvalue weighted by molar-refractivity contribution is 5.99. The highest BCUT2D eigenvalue weighted by Crippen LogP contribution is 2.21. The molecule has 25 heavy (non-hydrogen) atoms. The smallest absolute Gasteiger partial charge is 0.324 e. The molecule has 1 aromatic rings. The van der Waals surface area contributed by atoms with Crippen molar-refractivity contribution in [1.82, 2.24) is 15.1 Å². The second kappa shape index (κ2) is 7.65. The summed E-state index contributed by atoms with van der Waals surface area (Å²) in [5.41, 5.74) is 3.97. The molecule has 0 radical (unpaired) electrons. The lowest BCUT2D eigenvalue weighted by Crippen LogP contribution is -2.48. The van der Waals surface area contributed by atoms with Crippen molar-refractivity contribution in [1.29, 1.82) is 0 Å². The summed E-state index contributed by atoms with van der Waals surface area (Å²) in [6, 6.07) is 3.10. The second-order valence-corrected chi connectivity index (χ2v) is 6.63. The van der Waals surface area contributed by atoms with Gasteiger partial charge < -0.3 is 10.6 Å². The molecular weight excluding hydrogens is 320 g/mol. The number of carbonyl (C=O) groups is 3. The fourth-order valence-electron chi connectivity index (χ4n) is 3.02. The van der Waals surface area contributed by atoms with Crippen LogP contribution in [0.4, 0.5) is 10.5 Å². The van der Waals surface area contributed by atoms with Gasteiger partial charge in [0, 0.05) is 18.8 Å². The molecule has 7 heteroatoms. The SMILES string of the molecule is Cc1cc(C)c(NC(=O)CN(C)[C@@H](C)C(=O)N2CCNC2=O)c(C)c1. The molecule has 2 N–H and O–H groups in total. The molecule has 1 aliphatic rings. The van der Waals surface area contributed by atoms with Gasteiger partial charge in [-0.3, -0.25) is 19.4 Å². The quantitative estimate of drug-likeness (QED) is 0.845. The third-order valence-corrected chi connectivity index (χ3v) is 4.48. The van der Waals surface area contributed by atoms with Gasteiger partial charge in [0.2, 0.25) is 11.8 Å². The number of benzene rings is 1. The molecule has 2 rings (SSSR count). The first-order chi connectivity index (χ1) is 11.7. The minimum absolute atomic E-state index is 0.0646. The maximum Gasteiger partial charge on any atom is 0.324 e. The van der Waals surface area contributed by atoms with E-state index in [-0.39, 0.29) is 24.4 Å². The summed E-state index contributed by atoms with van der Waals surface area (Å²) in [5.74, 6) is -0.490. The summed E-state index contributed by atoms with van der Waals surface area (Å²) < 4.78 is 0. The Morgan fingerprint density at radius 1 is 1.28 bits per heavy atom. The van der Waals surface area contributed by atoms with Gasteiger partial charge in [-0.2, -0.15) is 0 Å². The first-order valence-corrected chi connectivity index (χ1v) is 8.38. The van der Waals surface area contributed by atoms with Gasteiger partial charge in [0.15, 0.2) is 0 Å². The van der Waals surface area contributed by atoms with Crippen molar-refractivity contribution in [3.8, 4) is 0 Å². The molecule has 1 aromatic carbocycles. The Balaban J connectivity index is 1.98. The Kier molecular flexibility index (Phi) is 5.79. The summed E-state index contributed by atoms with van der Waals surface area (Å²) >= 11 is 0. The molecule has 7 nitrogen and oxygen atoms in total. The van der Waals surface area contributed by atoms with Crippen molar-refractivity contribution in [2.45, 2.75) is 33.7 Å². The van der Waals surface area contributed by atoms with Crippen LogP contribution >= 0.6 is 0 Å². The summed E-state index contributed by atoms with van der Waals surface area (Å²) in [6.45, 7) is 8.52. The molecule has 1 fully saturated rings. The van der Waals surface area contributed by atoms with Gasteiger partial charge in [-0.15, -0.1) is 0 Å². The van der Waals surface area contributed by atoms with E-state index in [1.54, 1.807) is 18.9 Å². The molecular formula is C18H26N4O3. The third-order valence-electron chi connectivity index (χ3n) is 4.48. The van der Waals surface area contributed by atoms with Gasteiger partial charge in [0.25, 0.3) is 0 Å². The Morgan fingerprint density at radius 3 is 2.40 bits per heavy atom. The minimum Gasteiger partial charge on any atom is -0.336 e. The number of urea groups is 1. The van der Waals surface area contributed by atoms with Crippen LogP contribution in [0.1, 0.15) is 23.6 Å².